The first-order valence-electron chi connectivity index (χ1n) is 9.30. The summed E-state index contributed by atoms with van der Waals surface area (Å²) < 4.78 is 22.4. The molecule has 7 atom stereocenters. The third-order valence-electron chi connectivity index (χ3n) is 7.50. The second-order valence-electron chi connectivity index (χ2n) is 8.64. The molecule has 3 saturated heterocycles. The normalized spacial score (nSPS) is 48.3. The number of rotatable bonds is 1. The molecule has 6 rings (SSSR count). The average Bonchev–Trinajstić information content (AvgIpc) is 3.01. The van der Waals surface area contributed by atoms with Crippen molar-refractivity contribution in [2.45, 2.75) is 44.5 Å². The van der Waals surface area contributed by atoms with Crippen molar-refractivity contribution in [3.05, 3.63) is 35.8 Å². The Morgan fingerprint density at radius 1 is 1.27 bits per heavy atom. The molecule has 0 bridgehead atoms. The summed E-state index contributed by atoms with van der Waals surface area (Å²) in [5, 5.41) is 0. The Labute approximate surface area is 150 Å². The molecule has 0 N–H and O–H groups in total. The van der Waals surface area contributed by atoms with Crippen LogP contribution < -0.4 is 0 Å². The number of cyclic esters (lactones) is 2. The molecule has 0 aromatic carbocycles. The first-order chi connectivity index (χ1) is 12.5. The van der Waals surface area contributed by atoms with E-state index in [0.29, 0.717) is 13.0 Å². The maximum absolute atomic E-state index is 12.9. The number of furan rings is 1. The van der Waals surface area contributed by atoms with E-state index < -0.39 is 0 Å². The zero-order valence-corrected chi connectivity index (χ0v) is 14.5. The Bertz CT molecular complexity index is 840. The fraction of sp³-hybridized carbons (Fsp3) is 0.600. The summed E-state index contributed by atoms with van der Waals surface area (Å²) in [6.07, 6.45) is 7.14. The Morgan fingerprint density at radius 3 is 2.96 bits per heavy atom. The zero-order valence-electron chi connectivity index (χ0n) is 14.5. The van der Waals surface area contributed by atoms with Gasteiger partial charge in [-0.1, -0.05) is 6.92 Å². The van der Waals surface area contributed by atoms with Crippen LogP contribution in [0, 0.1) is 22.7 Å². The van der Waals surface area contributed by atoms with E-state index in [1.54, 1.807) is 12.5 Å². The van der Waals surface area contributed by atoms with Gasteiger partial charge in [-0.15, -0.1) is 0 Å². The van der Waals surface area contributed by atoms with Crippen molar-refractivity contribution in [1.29, 1.82) is 0 Å². The molecule has 1 aromatic heterocycles. The summed E-state index contributed by atoms with van der Waals surface area (Å²) in [5.74, 6) is -0.428. The number of carbonyl (C=O) groups excluding carboxylic acids is 2. The molecule has 1 spiro atoms. The Morgan fingerprint density at radius 2 is 2.15 bits per heavy atom. The van der Waals surface area contributed by atoms with Crippen LogP contribution in [-0.2, 0) is 23.8 Å². The van der Waals surface area contributed by atoms with Crippen molar-refractivity contribution in [2.24, 2.45) is 22.7 Å². The standard InChI is InChI=1S/C20H20O6/c1-19-7-14(10-3-5-23-8-10)26-18(22)11(19)2-4-20-9-24-17(21)12(20)6-13-15(25-13)16(19)20/h3,5-6,8,11,13-16H,2,4,7,9H2,1H3. The van der Waals surface area contributed by atoms with Gasteiger partial charge in [-0.3, -0.25) is 4.79 Å². The van der Waals surface area contributed by atoms with Gasteiger partial charge < -0.3 is 18.6 Å². The highest BCUT2D eigenvalue weighted by atomic mass is 16.6. The first kappa shape index (κ1) is 15.0. The average molecular weight is 356 g/mol. The minimum atomic E-state index is -0.321. The summed E-state index contributed by atoms with van der Waals surface area (Å²) in [7, 11) is 0. The van der Waals surface area contributed by atoms with Crippen LogP contribution >= 0.6 is 0 Å². The van der Waals surface area contributed by atoms with Crippen LogP contribution in [-0.4, -0.2) is 30.8 Å². The van der Waals surface area contributed by atoms with Crippen molar-refractivity contribution in [2.75, 3.05) is 6.61 Å². The largest absolute Gasteiger partial charge is 0.472 e. The second-order valence-corrected chi connectivity index (χ2v) is 8.64. The van der Waals surface area contributed by atoms with E-state index in [2.05, 4.69) is 6.92 Å². The van der Waals surface area contributed by atoms with Gasteiger partial charge in [0, 0.05) is 22.5 Å². The van der Waals surface area contributed by atoms with Crippen LogP contribution in [0.25, 0.3) is 0 Å². The second kappa shape index (κ2) is 4.60. The van der Waals surface area contributed by atoms with Gasteiger partial charge in [0.25, 0.3) is 0 Å². The Hall–Kier alpha value is -2.08. The fourth-order valence-electron chi connectivity index (χ4n) is 6.34. The molecule has 26 heavy (non-hydrogen) atoms. The molecule has 1 aromatic rings. The van der Waals surface area contributed by atoms with Crippen molar-refractivity contribution >= 4 is 11.9 Å². The number of carbonyl (C=O) groups is 2. The first-order valence-corrected chi connectivity index (χ1v) is 9.30. The van der Waals surface area contributed by atoms with Gasteiger partial charge >= 0.3 is 11.9 Å². The quantitative estimate of drug-likeness (QED) is 0.568. The van der Waals surface area contributed by atoms with Gasteiger partial charge in [-0.2, -0.15) is 0 Å². The Balaban J connectivity index is 1.46. The maximum Gasteiger partial charge on any atom is 0.334 e. The number of esters is 2. The molecule has 0 amide bonds. The molecule has 4 heterocycles. The molecule has 1 saturated carbocycles. The number of fused-ring (bicyclic) bond motifs is 4. The SMILES string of the molecule is CC12CC(c3ccoc3)OC(=O)C1CCC13COC(=O)C1=CC1OC1C32. The van der Waals surface area contributed by atoms with Crippen LogP contribution in [0.1, 0.15) is 37.9 Å². The molecule has 6 nitrogen and oxygen atoms in total. The lowest BCUT2D eigenvalue weighted by Gasteiger charge is -2.57. The van der Waals surface area contributed by atoms with Crippen LogP contribution in [0.3, 0.4) is 0 Å². The monoisotopic (exact) mass is 356 g/mol. The lowest BCUT2D eigenvalue weighted by molar-refractivity contribution is -0.192. The lowest BCUT2D eigenvalue weighted by Crippen LogP contribution is -2.59. The van der Waals surface area contributed by atoms with E-state index in [9.17, 15) is 9.59 Å². The molecule has 4 fully saturated rings. The Kier molecular flexibility index (Phi) is 2.66. The predicted octanol–water partition coefficient (Wildman–Crippen LogP) is 2.55. The highest BCUT2D eigenvalue weighted by Gasteiger charge is 2.72. The third-order valence-corrected chi connectivity index (χ3v) is 7.50. The van der Waals surface area contributed by atoms with E-state index in [4.69, 9.17) is 18.6 Å². The lowest BCUT2D eigenvalue weighted by atomic mass is 9.45. The summed E-state index contributed by atoms with van der Waals surface area (Å²) in [6.45, 7) is 2.59. The molecule has 0 radical (unpaired) electrons. The van der Waals surface area contributed by atoms with E-state index >= 15 is 0 Å². The van der Waals surface area contributed by atoms with Gasteiger partial charge in [0.05, 0.1) is 24.5 Å². The minimum Gasteiger partial charge on any atom is -0.472 e. The van der Waals surface area contributed by atoms with Crippen molar-refractivity contribution in [3.63, 3.8) is 0 Å². The van der Waals surface area contributed by atoms with E-state index in [1.807, 2.05) is 12.1 Å². The van der Waals surface area contributed by atoms with Gasteiger partial charge in [0.2, 0.25) is 0 Å². The van der Waals surface area contributed by atoms with E-state index in [1.165, 1.54) is 0 Å². The van der Waals surface area contributed by atoms with Crippen LogP contribution in [0.2, 0.25) is 0 Å². The van der Waals surface area contributed by atoms with Crippen molar-refractivity contribution in [1.82, 2.24) is 0 Å². The van der Waals surface area contributed by atoms with Crippen LogP contribution in [0.5, 0.6) is 0 Å². The summed E-state index contributed by atoms with van der Waals surface area (Å²) in [6, 6.07) is 1.85. The topological polar surface area (TPSA) is 78.3 Å². The molecule has 3 aliphatic heterocycles. The predicted molar refractivity (Wildman–Crippen MR) is 86.6 cm³/mol. The summed E-state index contributed by atoms with van der Waals surface area (Å²) in [5.41, 5.74) is 1.04. The highest BCUT2D eigenvalue weighted by Crippen LogP contribution is 2.69. The van der Waals surface area contributed by atoms with Crippen molar-refractivity contribution in [3.8, 4) is 0 Å². The molecule has 7 unspecified atom stereocenters. The van der Waals surface area contributed by atoms with E-state index in [0.717, 1.165) is 24.0 Å². The molecular formula is C20H20O6. The number of hydrogen-bond donors (Lipinski definition) is 0. The van der Waals surface area contributed by atoms with E-state index in [-0.39, 0.29) is 52.9 Å². The highest BCUT2D eigenvalue weighted by molar-refractivity contribution is 5.93. The van der Waals surface area contributed by atoms with Gasteiger partial charge in [0.1, 0.15) is 18.8 Å². The molecule has 2 aliphatic carbocycles. The van der Waals surface area contributed by atoms with Gasteiger partial charge in [0.15, 0.2) is 0 Å². The minimum absolute atomic E-state index is 0.0188. The smallest absolute Gasteiger partial charge is 0.334 e. The van der Waals surface area contributed by atoms with Crippen LogP contribution in [0.15, 0.2) is 34.7 Å². The number of epoxide rings is 1. The number of ether oxygens (including phenoxy) is 3. The zero-order chi connectivity index (χ0) is 17.7. The van der Waals surface area contributed by atoms with Gasteiger partial charge in [-0.05, 0) is 36.8 Å². The van der Waals surface area contributed by atoms with Crippen molar-refractivity contribution < 1.29 is 28.2 Å². The summed E-state index contributed by atoms with van der Waals surface area (Å²) >= 11 is 0. The summed E-state index contributed by atoms with van der Waals surface area (Å²) in [4.78, 5) is 25.2. The fourth-order valence-corrected chi connectivity index (χ4v) is 6.34. The molecule has 136 valence electrons. The third kappa shape index (κ3) is 1.66. The molecule has 5 aliphatic rings. The van der Waals surface area contributed by atoms with Gasteiger partial charge in [-0.25, -0.2) is 4.79 Å². The maximum atomic E-state index is 12.9. The number of hydrogen-bond acceptors (Lipinski definition) is 6. The molecule has 6 heteroatoms. The van der Waals surface area contributed by atoms with Crippen LogP contribution in [0.4, 0.5) is 0 Å². The molecular weight excluding hydrogens is 336 g/mol.